The Morgan fingerprint density at radius 2 is 0.623 bits per heavy atom. The van der Waals surface area contributed by atoms with Crippen LogP contribution in [0.2, 0.25) is 0 Å². The zero-order valence-electron chi connectivity index (χ0n) is 38.7. The highest BCUT2D eigenvalue weighted by Crippen LogP contribution is 2.54. The van der Waals surface area contributed by atoms with Crippen molar-refractivity contribution in [2.24, 2.45) is 0 Å². The lowest BCUT2D eigenvalue weighted by atomic mass is 9.88. The highest BCUT2D eigenvalue weighted by Gasteiger charge is 2.30. The number of benzene rings is 12. The summed E-state index contributed by atoms with van der Waals surface area (Å²) in [5.74, 6) is 0. The van der Waals surface area contributed by atoms with Crippen LogP contribution >= 0.6 is 0 Å². The van der Waals surface area contributed by atoms with E-state index in [9.17, 15) is 0 Å². The van der Waals surface area contributed by atoms with Gasteiger partial charge in [-0.15, -0.1) is 0 Å². The maximum atomic E-state index is 2.60. The van der Waals surface area contributed by atoms with Gasteiger partial charge < -0.3 is 9.80 Å². The molecule has 0 atom stereocenters. The van der Waals surface area contributed by atoms with Crippen molar-refractivity contribution in [3.8, 4) is 44.5 Å². The summed E-state index contributed by atoms with van der Waals surface area (Å²) in [5.41, 5.74) is 21.3. The smallest absolute Gasteiger partial charge is 0.0561 e. The van der Waals surface area contributed by atoms with Crippen molar-refractivity contribution in [3.05, 3.63) is 265 Å². The molecule has 0 saturated heterocycles. The first kappa shape index (κ1) is 40.5. The summed E-state index contributed by atoms with van der Waals surface area (Å²) in [7, 11) is 0. The molecule has 0 N–H and O–H groups in total. The van der Waals surface area contributed by atoms with Crippen molar-refractivity contribution in [2.45, 2.75) is 20.3 Å². The van der Waals surface area contributed by atoms with Crippen molar-refractivity contribution in [1.29, 1.82) is 0 Å². The Morgan fingerprint density at radius 1 is 0.261 bits per heavy atom. The molecular weight excluding hydrogens is 833 g/mol. The Balaban J connectivity index is 1.21. The Hall–Kier alpha value is -8.72. The van der Waals surface area contributed by atoms with E-state index < -0.39 is 0 Å². The largest absolute Gasteiger partial charge is 0.309 e. The molecule has 12 aromatic carbocycles. The molecule has 0 aliphatic carbocycles. The molecule has 0 spiro atoms. The average Bonchev–Trinajstić information content (AvgIpc) is 3.41. The lowest BCUT2D eigenvalue weighted by molar-refractivity contribution is 1.12. The number of hydrogen-bond donors (Lipinski definition) is 0. The third-order valence-electron chi connectivity index (χ3n) is 14.4. The van der Waals surface area contributed by atoms with Crippen LogP contribution in [0.25, 0.3) is 76.8 Å². The minimum absolute atomic E-state index is 0.705. The summed E-state index contributed by atoms with van der Waals surface area (Å²) in [6, 6.07) is 90.3. The highest BCUT2D eigenvalue weighted by atomic mass is 15.2. The van der Waals surface area contributed by atoms with Gasteiger partial charge in [0.1, 0.15) is 0 Å². The number of fused-ring (bicyclic) bond motifs is 6. The average molecular weight is 881 g/mol. The van der Waals surface area contributed by atoms with E-state index in [0.29, 0.717) is 6.42 Å². The van der Waals surface area contributed by atoms with Gasteiger partial charge in [0.2, 0.25) is 0 Å². The Morgan fingerprint density at radius 3 is 1.01 bits per heavy atom. The van der Waals surface area contributed by atoms with Crippen molar-refractivity contribution in [2.75, 3.05) is 9.80 Å². The van der Waals surface area contributed by atoms with E-state index in [1.807, 2.05) is 0 Å². The maximum Gasteiger partial charge on any atom is 0.0561 e. The zero-order valence-corrected chi connectivity index (χ0v) is 38.7. The fraction of sp³-hybridized carbons (Fsp3) is 0.0448. The number of aryl methyl sites for hydroxylation is 2. The first-order valence-electron chi connectivity index (χ1n) is 24.0. The van der Waals surface area contributed by atoms with Crippen molar-refractivity contribution in [1.82, 2.24) is 0 Å². The molecule has 326 valence electrons. The van der Waals surface area contributed by atoms with Crippen LogP contribution < -0.4 is 9.80 Å². The van der Waals surface area contributed by atoms with Crippen LogP contribution in [0.3, 0.4) is 0 Å². The number of nitrogens with zero attached hydrogens (tertiary/aromatic N) is 2. The summed E-state index contributed by atoms with van der Waals surface area (Å²) in [4.78, 5) is 5.21. The van der Waals surface area contributed by atoms with E-state index in [-0.39, 0.29) is 0 Å². The van der Waals surface area contributed by atoms with Crippen LogP contribution in [0.15, 0.2) is 243 Å². The first-order chi connectivity index (χ1) is 34.0. The van der Waals surface area contributed by atoms with Crippen molar-refractivity contribution < 1.29 is 0 Å². The quantitative estimate of drug-likeness (QED) is 0.154. The molecule has 0 saturated carbocycles. The van der Waals surface area contributed by atoms with E-state index in [1.165, 1.54) is 110 Å². The SMILES string of the molecule is Cc1ccc(-c2ccccc2)cc1N1c2cc(-c3ccccc3)ccc2Cc2ccc(-c3ccccc3)cc2N(c2cc(-c3ccccc3)ccc2C)c2cc1c1ccc3cccc4ccc2c1c34. The topological polar surface area (TPSA) is 6.48 Å². The summed E-state index contributed by atoms with van der Waals surface area (Å²) in [6.45, 7) is 4.54. The minimum Gasteiger partial charge on any atom is -0.309 e. The standard InChI is InChI=1S/C67H48N2/c1-44-26-28-52(46-16-7-3-8-17-46)39-60(44)68-62-41-54(48-20-11-5-12-21-48)30-32-56(62)38-57-33-31-55(49-22-13-6-14-23-49)42-63(57)69(61-40-53(29-27-45(61)2)47-18-9-4-10-19-47)65-43-64(68)58-36-34-50-24-15-25-51-35-37-59(65)67(58)66(50)51/h3-37,39-43H,38H2,1-2H3. The predicted molar refractivity (Wildman–Crippen MR) is 294 cm³/mol. The molecule has 0 aromatic heterocycles. The van der Waals surface area contributed by atoms with Crippen LogP contribution in [0, 0.1) is 13.8 Å². The Kier molecular flexibility index (Phi) is 9.73. The second kappa shape index (κ2) is 16.6. The van der Waals surface area contributed by atoms with Crippen molar-refractivity contribution >= 4 is 66.4 Å². The van der Waals surface area contributed by atoms with Gasteiger partial charge in [-0.05, 0) is 127 Å². The van der Waals surface area contributed by atoms with E-state index >= 15 is 0 Å². The molecular formula is C67H48N2. The van der Waals surface area contributed by atoms with Gasteiger partial charge in [0.25, 0.3) is 0 Å². The lowest BCUT2D eigenvalue weighted by Gasteiger charge is -2.37. The van der Waals surface area contributed by atoms with E-state index in [0.717, 1.165) is 22.7 Å². The summed E-state index contributed by atoms with van der Waals surface area (Å²) in [5, 5.41) is 7.46. The van der Waals surface area contributed by atoms with Crippen LogP contribution in [-0.2, 0) is 6.42 Å². The minimum atomic E-state index is 0.705. The van der Waals surface area contributed by atoms with Gasteiger partial charge in [-0.25, -0.2) is 0 Å². The van der Waals surface area contributed by atoms with Gasteiger partial charge >= 0.3 is 0 Å². The third-order valence-corrected chi connectivity index (χ3v) is 14.4. The number of anilines is 6. The molecule has 2 heteroatoms. The molecule has 0 unspecified atom stereocenters. The fourth-order valence-electron chi connectivity index (χ4n) is 10.9. The molecule has 12 aromatic rings. The molecule has 0 radical (unpaired) electrons. The van der Waals surface area contributed by atoms with Gasteiger partial charge in [-0.2, -0.15) is 0 Å². The second-order valence-corrected chi connectivity index (χ2v) is 18.6. The van der Waals surface area contributed by atoms with Gasteiger partial charge in [0.15, 0.2) is 0 Å². The van der Waals surface area contributed by atoms with E-state index in [2.05, 4.69) is 266 Å². The molecule has 69 heavy (non-hydrogen) atoms. The number of hydrogen-bond acceptors (Lipinski definition) is 2. The Labute approximate surface area is 404 Å². The van der Waals surface area contributed by atoms with Gasteiger partial charge in [0.05, 0.1) is 22.7 Å². The third kappa shape index (κ3) is 6.95. The second-order valence-electron chi connectivity index (χ2n) is 18.6. The molecule has 13 rings (SSSR count). The van der Waals surface area contributed by atoms with Crippen molar-refractivity contribution in [3.63, 3.8) is 0 Å². The molecule has 2 bridgehead atoms. The molecule has 1 aliphatic rings. The van der Waals surface area contributed by atoms with Gasteiger partial charge in [0, 0.05) is 34.0 Å². The molecule has 1 heterocycles. The van der Waals surface area contributed by atoms with Crippen LogP contribution in [0.5, 0.6) is 0 Å². The van der Waals surface area contributed by atoms with E-state index in [1.54, 1.807) is 0 Å². The predicted octanol–water partition coefficient (Wildman–Crippen LogP) is 18.7. The number of rotatable bonds is 6. The monoisotopic (exact) mass is 880 g/mol. The zero-order chi connectivity index (χ0) is 46.0. The van der Waals surface area contributed by atoms with Crippen LogP contribution in [-0.4, -0.2) is 0 Å². The summed E-state index contributed by atoms with van der Waals surface area (Å²) >= 11 is 0. The van der Waals surface area contributed by atoms with E-state index in [4.69, 9.17) is 0 Å². The van der Waals surface area contributed by atoms with Crippen LogP contribution in [0.1, 0.15) is 22.3 Å². The summed E-state index contributed by atoms with van der Waals surface area (Å²) in [6.07, 6.45) is 0.705. The van der Waals surface area contributed by atoms with Gasteiger partial charge in [-0.3, -0.25) is 0 Å². The Bertz CT molecular complexity index is 3630. The molecule has 0 amide bonds. The normalized spacial score (nSPS) is 12.4. The first-order valence-corrected chi connectivity index (χ1v) is 24.0. The van der Waals surface area contributed by atoms with Crippen LogP contribution in [0.4, 0.5) is 34.1 Å². The summed E-state index contributed by atoms with van der Waals surface area (Å²) < 4.78 is 0. The molecule has 0 fully saturated rings. The fourth-order valence-corrected chi connectivity index (χ4v) is 10.9. The molecule has 1 aliphatic heterocycles. The van der Waals surface area contributed by atoms with Gasteiger partial charge in [-0.1, -0.05) is 212 Å². The lowest BCUT2D eigenvalue weighted by Crippen LogP contribution is -2.19. The molecule has 2 nitrogen and oxygen atoms in total. The highest BCUT2D eigenvalue weighted by molar-refractivity contribution is 6.29. The maximum absolute atomic E-state index is 2.60.